The lowest BCUT2D eigenvalue weighted by atomic mass is 10.1. The molecule has 0 saturated carbocycles. The van der Waals surface area contributed by atoms with Crippen LogP contribution in [-0.4, -0.2) is 16.7 Å². The van der Waals surface area contributed by atoms with Crippen molar-refractivity contribution < 1.29 is 0 Å². The molecule has 17 heavy (non-hydrogen) atoms. The Bertz CT molecular complexity index is 519. The summed E-state index contributed by atoms with van der Waals surface area (Å²) in [6.45, 7) is 3.79. The monoisotopic (exact) mass is 226 g/mol. The SMILES string of the molecule is CCNCc1cn[nH]c1-c1ccc(C#N)cc1. The van der Waals surface area contributed by atoms with Gasteiger partial charge in [-0.2, -0.15) is 10.4 Å². The Kier molecular flexibility index (Phi) is 3.53. The summed E-state index contributed by atoms with van der Waals surface area (Å²) in [7, 11) is 0. The predicted molar refractivity (Wildman–Crippen MR) is 66.1 cm³/mol. The van der Waals surface area contributed by atoms with Crippen LogP contribution in [0.4, 0.5) is 0 Å². The minimum atomic E-state index is 0.668. The molecule has 0 fully saturated rings. The van der Waals surface area contributed by atoms with Crippen LogP contribution in [0.5, 0.6) is 0 Å². The van der Waals surface area contributed by atoms with Gasteiger partial charge in [0.05, 0.1) is 23.5 Å². The molecule has 1 aromatic carbocycles. The van der Waals surface area contributed by atoms with Crippen molar-refractivity contribution in [1.29, 1.82) is 5.26 Å². The molecule has 0 spiro atoms. The summed E-state index contributed by atoms with van der Waals surface area (Å²) in [6.07, 6.45) is 1.83. The highest BCUT2D eigenvalue weighted by atomic mass is 15.1. The normalized spacial score (nSPS) is 10.1. The van der Waals surface area contributed by atoms with Gasteiger partial charge in [-0.3, -0.25) is 5.10 Å². The first kappa shape index (κ1) is 11.4. The van der Waals surface area contributed by atoms with Crippen molar-refractivity contribution in [3.05, 3.63) is 41.6 Å². The smallest absolute Gasteiger partial charge is 0.0991 e. The Morgan fingerprint density at radius 2 is 2.12 bits per heavy atom. The molecule has 86 valence electrons. The van der Waals surface area contributed by atoms with E-state index >= 15 is 0 Å². The standard InChI is InChI=1S/C13H14N4/c1-2-15-8-12-9-16-17-13(12)11-5-3-10(7-14)4-6-11/h3-6,9,15H,2,8H2,1H3,(H,16,17). The maximum absolute atomic E-state index is 8.75. The number of aromatic amines is 1. The van der Waals surface area contributed by atoms with E-state index in [0.29, 0.717) is 5.56 Å². The summed E-state index contributed by atoms with van der Waals surface area (Å²) in [5, 5.41) is 19.1. The van der Waals surface area contributed by atoms with E-state index in [-0.39, 0.29) is 0 Å². The van der Waals surface area contributed by atoms with E-state index in [0.717, 1.165) is 29.9 Å². The van der Waals surface area contributed by atoms with Crippen LogP contribution in [0.3, 0.4) is 0 Å². The fourth-order valence-corrected chi connectivity index (χ4v) is 1.67. The summed E-state index contributed by atoms with van der Waals surface area (Å²) in [5.41, 5.74) is 3.86. The minimum absolute atomic E-state index is 0.668. The predicted octanol–water partition coefficient (Wildman–Crippen LogP) is 2.06. The van der Waals surface area contributed by atoms with Crippen LogP contribution in [0.25, 0.3) is 11.3 Å². The highest BCUT2D eigenvalue weighted by Gasteiger charge is 2.06. The van der Waals surface area contributed by atoms with Gasteiger partial charge in [0.1, 0.15) is 0 Å². The summed E-state index contributed by atoms with van der Waals surface area (Å²) < 4.78 is 0. The summed E-state index contributed by atoms with van der Waals surface area (Å²) in [5.74, 6) is 0. The largest absolute Gasteiger partial charge is 0.313 e. The number of nitriles is 1. The average molecular weight is 226 g/mol. The zero-order chi connectivity index (χ0) is 12.1. The fraction of sp³-hybridized carbons (Fsp3) is 0.231. The number of benzene rings is 1. The Balaban J connectivity index is 2.26. The zero-order valence-corrected chi connectivity index (χ0v) is 9.70. The van der Waals surface area contributed by atoms with E-state index in [1.807, 2.05) is 30.5 Å². The van der Waals surface area contributed by atoms with Crippen LogP contribution in [0.1, 0.15) is 18.1 Å². The first-order valence-electron chi connectivity index (χ1n) is 5.58. The first-order chi connectivity index (χ1) is 8.35. The van der Waals surface area contributed by atoms with Crippen LogP contribution in [-0.2, 0) is 6.54 Å². The topological polar surface area (TPSA) is 64.5 Å². The third-order valence-corrected chi connectivity index (χ3v) is 2.59. The highest BCUT2D eigenvalue weighted by Crippen LogP contribution is 2.21. The number of hydrogen-bond acceptors (Lipinski definition) is 3. The molecular weight excluding hydrogens is 212 g/mol. The van der Waals surface area contributed by atoms with Crippen LogP contribution >= 0.6 is 0 Å². The lowest BCUT2D eigenvalue weighted by molar-refractivity contribution is 0.728. The highest BCUT2D eigenvalue weighted by molar-refractivity contribution is 5.63. The molecule has 4 heteroatoms. The van der Waals surface area contributed by atoms with E-state index in [4.69, 9.17) is 5.26 Å². The number of nitrogens with one attached hydrogen (secondary N) is 2. The quantitative estimate of drug-likeness (QED) is 0.838. The molecule has 2 aromatic rings. The van der Waals surface area contributed by atoms with E-state index in [1.165, 1.54) is 0 Å². The third kappa shape index (κ3) is 2.52. The van der Waals surface area contributed by atoms with Crippen molar-refractivity contribution in [3.8, 4) is 17.3 Å². The first-order valence-corrected chi connectivity index (χ1v) is 5.58. The fourth-order valence-electron chi connectivity index (χ4n) is 1.67. The van der Waals surface area contributed by atoms with Gasteiger partial charge >= 0.3 is 0 Å². The molecular formula is C13H14N4. The molecule has 0 radical (unpaired) electrons. The van der Waals surface area contributed by atoms with Crippen molar-refractivity contribution >= 4 is 0 Å². The van der Waals surface area contributed by atoms with Crippen molar-refractivity contribution in [2.24, 2.45) is 0 Å². The van der Waals surface area contributed by atoms with Gasteiger partial charge in [0.15, 0.2) is 0 Å². The molecule has 0 saturated heterocycles. The van der Waals surface area contributed by atoms with Crippen molar-refractivity contribution in [2.75, 3.05) is 6.54 Å². The molecule has 0 aliphatic heterocycles. The number of hydrogen-bond donors (Lipinski definition) is 2. The second-order valence-corrected chi connectivity index (χ2v) is 3.74. The number of rotatable bonds is 4. The third-order valence-electron chi connectivity index (χ3n) is 2.59. The van der Waals surface area contributed by atoms with E-state index < -0.39 is 0 Å². The summed E-state index contributed by atoms with van der Waals surface area (Å²) >= 11 is 0. The van der Waals surface area contributed by atoms with Crippen molar-refractivity contribution in [3.63, 3.8) is 0 Å². The zero-order valence-electron chi connectivity index (χ0n) is 9.70. The van der Waals surface area contributed by atoms with Gasteiger partial charge in [-0.25, -0.2) is 0 Å². The molecule has 1 aromatic heterocycles. The minimum Gasteiger partial charge on any atom is -0.313 e. The molecule has 0 aliphatic carbocycles. The van der Waals surface area contributed by atoms with Crippen LogP contribution in [0.2, 0.25) is 0 Å². The van der Waals surface area contributed by atoms with E-state index in [1.54, 1.807) is 0 Å². The van der Waals surface area contributed by atoms with Gasteiger partial charge in [-0.05, 0) is 24.2 Å². The number of H-pyrrole nitrogens is 1. The number of aromatic nitrogens is 2. The van der Waals surface area contributed by atoms with Gasteiger partial charge in [-0.15, -0.1) is 0 Å². The molecule has 4 nitrogen and oxygen atoms in total. The average Bonchev–Trinajstić information content (AvgIpc) is 2.84. The second kappa shape index (κ2) is 5.28. The van der Waals surface area contributed by atoms with Crippen LogP contribution in [0, 0.1) is 11.3 Å². The molecule has 0 unspecified atom stereocenters. The van der Waals surface area contributed by atoms with Gasteiger partial charge < -0.3 is 5.32 Å². The molecule has 0 atom stereocenters. The van der Waals surface area contributed by atoms with Crippen LogP contribution in [0.15, 0.2) is 30.5 Å². The Morgan fingerprint density at radius 1 is 1.35 bits per heavy atom. The van der Waals surface area contributed by atoms with Gasteiger partial charge in [0, 0.05) is 12.1 Å². The maximum Gasteiger partial charge on any atom is 0.0991 e. The van der Waals surface area contributed by atoms with Crippen molar-refractivity contribution in [1.82, 2.24) is 15.5 Å². The molecule has 0 aliphatic rings. The van der Waals surface area contributed by atoms with Gasteiger partial charge in [-0.1, -0.05) is 19.1 Å². The molecule has 0 amide bonds. The molecule has 2 rings (SSSR count). The maximum atomic E-state index is 8.75. The molecule has 1 heterocycles. The van der Waals surface area contributed by atoms with Gasteiger partial charge in [0.25, 0.3) is 0 Å². The van der Waals surface area contributed by atoms with Gasteiger partial charge in [0.2, 0.25) is 0 Å². The Labute approximate surface area is 100 Å². The molecule has 0 bridgehead atoms. The summed E-state index contributed by atoms with van der Waals surface area (Å²) in [4.78, 5) is 0. The Morgan fingerprint density at radius 3 is 2.76 bits per heavy atom. The summed E-state index contributed by atoms with van der Waals surface area (Å²) in [6, 6.07) is 9.60. The second-order valence-electron chi connectivity index (χ2n) is 3.74. The van der Waals surface area contributed by atoms with Crippen LogP contribution < -0.4 is 5.32 Å². The number of nitrogens with zero attached hydrogens (tertiary/aromatic N) is 2. The lowest BCUT2D eigenvalue weighted by Crippen LogP contribution is -2.11. The van der Waals surface area contributed by atoms with Crippen molar-refractivity contribution in [2.45, 2.75) is 13.5 Å². The Hall–Kier alpha value is -2.12. The lowest BCUT2D eigenvalue weighted by Gasteiger charge is -2.03. The van der Waals surface area contributed by atoms with E-state index in [2.05, 4.69) is 28.5 Å². The molecule has 2 N–H and O–H groups in total. The van der Waals surface area contributed by atoms with E-state index in [9.17, 15) is 0 Å².